The molecule has 0 radical (unpaired) electrons. The molecule has 176 valence electrons. The fourth-order valence-electron chi connectivity index (χ4n) is 5.09. The molecule has 0 bridgehead atoms. The van der Waals surface area contributed by atoms with Gasteiger partial charge in [0.1, 0.15) is 0 Å². The Morgan fingerprint density at radius 1 is 0.914 bits per heavy atom. The number of hydrogen-bond acceptors (Lipinski definition) is 3. The number of nitrogens with zero attached hydrogens (tertiary/aromatic N) is 1. The maximum atomic E-state index is 13.7. The fourth-order valence-corrected chi connectivity index (χ4v) is 5.56. The fraction of sp³-hybridized carbons (Fsp3) is 0.179. The molecular formula is C28H21BrClNO4. The van der Waals surface area contributed by atoms with Gasteiger partial charge in [0.15, 0.2) is 5.78 Å². The third kappa shape index (κ3) is 4.44. The zero-order valence-electron chi connectivity index (χ0n) is 18.6. The van der Waals surface area contributed by atoms with Crippen molar-refractivity contribution in [1.82, 2.24) is 0 Å². The molecule has 5 nitrogen and oxygen atoms in total. The van der Waals surface area contributed by atoms with Crippen molar-refractivity contribution in [3.63, 3.8) is 0 Å². The van der Waals surface area contributed by atoms with Crippen molar-refractivity contribution in [2.45, 2.75) is 31.1 Å². The van der Waals surface area contributed by atoms with E-state index >= 15 is 0 Å². The molecule has 1 aliphatic heterocycles. The summed E-state index contributed by atoms with van der Waals surface area (Å²) < 4.78 is 0.917. The summed E-state index contributed by atoms with van der Waals surface area (Å²) in [7, 11) is 0. The van der Waals surface area contributed by atoms with E-state index in [1.54, 1.807) is 6.07 Å². The van der Waals surface area contributed by atoms with Gasteiger partial charge in [-0.1, -0.05) is 70.0 Å². The minimum Gasteiger partial charge on any atom is -0.478 e. The second-order valence-corrected chi connectivity index (χ2v) is 10.1. The van der Waals surface area contributed by atoms with E-state index in [1.165, 1.54) is 17.0 Å². The summed E-state index contributed by atoms with van der Waals surface area (Å²) in [5, 5.41) is 9.67. The molecule has 0 saturated carbocycles. The number of aromatic carboxylic acids is 1. The first-order valence-corrected chi connectivity index (χ1v) is 12.4. The molecule has 1 amide bonds. The highest BCUT2D eigenvalue weighted by Crippen LogP contribution is 2.47. The van der Waals surface area contributed by atoms with E-state index in [0.29, 0.717) is 29.8 Å². The highest BCUT2D eigenvalue weighted by atomic mass is 79.9. The largest absolute Gasteiger partial charge is 0.478 e. The first-order chi connectivity index (χ1) is 16.8. The number of rotatable bonds is 4. The van der Waals surface area contributed by atoms with Gasteiger partial charge in [0.25, 0.3) is 0 Å². The lowest BCUT2D eigenvalue weighted by molar-refractivity contribution is -0.120. The number of amides is 1. The Kier molecular flexibility index (Phi) is 6.34. The average molecular weight is 551 g/mol. The van der Waals surface area contributed by atoms with E-state index in [-0.39, 0.29) is 40.5 Å². The van der Waals surface area contributed by atoms with Crippen LogP contribution in [0.2, 0.25) is 5.02 Å². The highest BCUT2D eigenvalue weighted by molar-refractivity contribution is 9.10. The smallest absolute Gasteiger partial charge is 0.337 e. The van der Waals surface area contributed by atoms with Crippen molar-refractivity contribution < 1.29 is 19.5 Å². The van der Waals surface area contributed by atoms with Gasteiger partial charge in [-0.2, -0.15) is 0 Å². The molecule has 5 rings (SSSR count). The van der Waals surface area contributed by atoms with Crippen molar-refractivity contribution >= 4 is 50.9 Å². The summed E-state index contributed by atoms with van der Waals surface area (Å²) in [5.74, 6) is -1.77. The van der Waals surface area contributed by atoms with E-state index in [2.05, 4.69) is 15.9 Å². The van der Waals surface area contributed by atoms with Crippen LogP contribution in [0.25, 0.3) is 0 Å². The number of halogens is 2. The van der Waals surface area contributed by atoms with Crippen LogP contribution >= 0.6 is 27.5 Å². The number of carbonyl (C=O) groups is 3. The van der Waals surface area contributed by atoms with Gasteiger partial charge in [-0.3, -0.25) is 14.5 Å². The van der Waals surface area contributed by atoms with Gasteiger partial charge >= 0.3 is 5.97 Å². The van der Waals surface area contributed by atoms with Crippen LogP contribution in [0.15, 0.2) is 88.5 Å². The Morgan fingerprint density at radius 3 is 2.31 bits per heavy atom. The molecule has 0 spiro atoms. The van der Waals surface area contributed by atoms with Gasteiger partial charge in [0.05, 0.1) is 10.6 Å². The predicted octanol–water partition coefficient (Wildman–Crippen LogP) is 6.72. The van der Waals surface area contributed by atoms with Gasteiger partial charge in [-0.15, -0.1) is 0 Å². The standard InChI is InChI=1S/C28H21BrClNO4/c29-19-8-6-17(7-9-19)21-15-26(33)31(20-10-11-23(30)22(14-20)28(34)35)24-12-18(13-25(32)27(21)24)16-4-2-1-3-5-16/h1-11,14,18,21H,12-13,15H2,(H,34,35). The number of anilines is 1. The van der Waals surface area contributed by atoms with Gasteiger partial charge in [-0.05, 0) is 53.8 Å². The Labute approximate surface area is 216 Å². The lowest BCUT2D eigenvalue weighted by Gasteiger charge is -2.40. The maximum absolute atomic E-state index is 13.7. The van der Waals surface area contributed by atoms with Crippen molar-refractivity contribution in [3.8, 4) is 0 Å². The molecule has 0 saturated heterocycles. The van der Waals surface area contributed by atoms with Crippen LogP contribution in [-0.2, 0) is 9.59 Å². The van der Waals surface area contributed by atoms with Crippen molar-refractivity contribution in [2.24, 2.45) is 0 Å². The number of ketones is 1. The SMILES string of the molecule is O=C1CC(c2ccccc2)CC2=C1C(c1ccc(Br)cc1)CC(=O)N2c1ccc(Cl)c(C(=O)O)c1. The zero-order chi connectivity index (χ0) is 24.7. The average Bonchev–Trinajstić information content (AvgIpc) is 2.85. The minimum absolute atomic E-state index is 0.0120. The molecule has 0 aromatic heterocycles. The summed E-state index contributed by atoms with van der Waals surface area (Å²) >= 11 is 9.54. The number of Topliss-reactive ketones (excluding diaryl/α,β-unsaturated/α-hetero) is 1. The quantitative estimate of drug-likeness (QED) is 0.391. The summed E-state index contributed by atoms with van der Waals surface area (Å²) in [6.07, 6.45) is 0.973. The van der Waals surface area contributed by atoms with Crippen LogP contribution in [0, 0.1) is 0 Å². The minimum atomic E-state index is -1.18. The Balaban J connectivity index is 1.67. The Morgan fingerprint density at radius 2 is 1.63 bits per heavy atom. The molecule has 2 atom stereocenters. The molecule has 35 heavy (non-hydrogen) atoms. The molecule has 3 aromatic rings. The first kappa shape index (κ1) is 23.5. The third-order valence-electron chi connectivity index (χ3n) is 6.71. The number of carboxylic acid groups (broad SMARTS) is 1. The van der Waals surface area contributed by atoms with Crippen LogP contribution in [0.3, 0.4) is 0 Å². The normalized spacial score (nSPS) is 20.1. The number of hydrogen-bond donors (Lipinski definition) is 1. The van der Waals surface area contributed by atoms with Gasteiger partial charge in [0, 0.05) is 40.2 Å². The van der Waals surface area contributed by atoms with E-state index in [1.807, 2.05) is 54.6 Å². The van der Waals surface area contributed by atoms with E-state index in [0.717, 1.165) is 15.6 Å². The Bertz CT molecular complexity index is 1370. The van der Waals surface area contributed by atoms with Gasteiger partial charge in [-0.25, -0.2) is 4.79 Å². The third-order valence-corrected chi connectivity index (χ3v) is 7.57. The maximum Gasteiger partial charge on any atom is 0.337 e. The summed E-state index contributed by atoms with van der Waals surface area (Å²) in [4.78, 5) is 40.5. The van der Waals surface area contributed by atoms with Gasteiger partial charge < -0.3 is 5.11 Å². The zero-order valence-corrected chi connectivity index (χ0v) is 20.9. The number of carbonyl (C=O) groups excluding carboxylic acids is 2. The molecule has 0 fully saturated rings. The predicted molar refractivity (Wildman–Crippen MR) is 138 cm³/mol. The van der Waals surface area contributed by atoms with E-state index in [9.17, 15) is 19.5 Å². The van der Waals surface area contributed by atoms with Crippen LogP contribution in [0.5, 0.6) is 0 Å². The van der Waals surface area contributed by atoms with Gasteiger partial charge in [0.2, 0.25) is 5.91 Å². The lowest BCUT2D eigenvalue weighted by atomic mass is 9.72. The number of allylic oxidation sites excluding steroid dienone is 2. The second-order valence-electron chi connectivity index (χ2n) is 8.81. The van der Waals surface area contributed by atoms with E-state index in [4.69, 9.17) is 11.6 Å². The van der Waals surface area contributed by atoms with Crippen LogP contribution in [0.1, 0.15) is 52.6 Å². The summed E-state index contributed by atoms with van der Waals surface area (Å²) in [6.45, 7) is 0. The number of benzene rings is 3. The molecular weight excluding hydrogens is 530 g/mol. The Hall–Kier alpha value is -3.22. The van der Waals surface area contributed by atoms with Crippen LogP contribution in [0.4, 0.5) is 5.69 Å². The van der Waals surface area contributed by atoms with Crippen LogP contribution in [-0.4, -0.2) is 22.8 Å². The molecule has 2 aliphatic rings. The van der Waals surface area contributed by atoms with E-state index < -0.39 is 5.97 Å². The molecule has 1 aliphatic carbocycles. The van der Waals surface area contributed by atoms with Crippen molar-refractivity contribution in [2.75, 3.05) is 4.90 Å². The first-order valence-electron chi connectivity index (χ1n) is 11.3. The van der Waals surface area contributed by atoms with Crippen molar-refractivity contribution in [1.29, 1.82) is 0 Å². The lowest BCUT2D eigenvalue weighted by Crippen LogP contribution is -2.41. The summed E-state index contributed by atoms with van der Waals surface area (Å²) in [6, 6.07) is 22.0. The highest BCUT2D eigenvalue weighted by Gasteiger charge is 2.42. The molecule has 3 aromatic carbocycles. The molecule has 7 heteroatoms. The van der Waals surface area contributed by atoms with Crippen molar-refractivity contribution in [3.05, 3.63) is 110 Å². The molecule has 2 unspecified atom stereocenters. The molecule has 1 N–H and O–H groups in total. The monoisotopic (exact) mass is 549 g/mol. The second kappa shape index (κ2) is 9.44. The topological polar surface area (TPSA) is 74.7 Å². The summed E-state index contributed by atoms with van der Waals surface area (Å²) in [5.41, 5.74) is 3.52. The van der Waals surface area contributed by atoms with Crippen LogP contribution < -0.4 is 4.90 Å². The number of carboxylic acids is 1. The molecule has 1 heterocycles.